The van der Waals surface area contributed by atoms with Crippen LogP contribution in [0, 0.1) is 0 Å². The van der Waals surface area contributed by atoms with Gasteiger partial charge in [-0.25, -0.2) is 0 Å². The minimum atomic E-state index is -0.329. The van der Waals surface area contributed by atoms with Gasteiger partial charge in [-0.15, -0.1) is 0 Å². The molecular formula is C24H23NO3. The van der Waals surface area contributed by atoms with Crippen molar-refractivity contribution in [2.75, 3.05) is 20.3 Å². The first-order chi connectivity index (χ1) is 13.7. The van der Waals surface area contributed by atoms with Gasteiger partial charge in [0.2, 0.25) is 5.91 Å². The summed E-state index contributed by atoms with van der Waals surface area (Å²) in [7, 11) is 1.85. The van der Waals surface area contributed by atoms with Gasteiger partial charge >= 0.3 is 0 Å². The quantitative estimate of drug-likeness (QED) is 0.671. The molecule has 0 spiro atoms. The Morgan fingerprint density at radius 3 is 2.04 bits per heavy atom. The molecule has 0 saturated carbocycles. The molecule has 1 aliphatic heterocycles. The Morgan fingerprint density at radius 2 is 1.43 bits per heavy atom. The number of hydrogen-bond acceptors (Lipinski definition) is 3. The van der Waals surface area contributed by atoms with Crippen molar-refractivity contribution in [1.29, 1.82) is 0 Å². The van der Waals surface area contributed by atoms with Crippen LogP contribution in [-0.4, -0.2) is 31.1 Å². The first kappa shape index (κ1) is 18.1. The van der Waals surface area contributed by atoms with Crippen molar-refractivity contribution in [2.45, 2.75) is 12.5 Å². The van der Waals surface area contributed by atoms with E-state index in [4.69, 9.17) is 9.47 Å². The fraction of sp³-hybridized carbons (Fsp3) is 0.208. The Kier molecular flexibility index (Phi) is 5.29. The van der Waals surface area contributed by atoms with Crippen LogP contribution in [0.2, 0.25) is 0 Å². The van der Waals surface area contributed by atoms with Crippen molar-refractivity contribution in [2.24, 2.45) is 0 Å². The van der Waals surface area contributed by atoms with Crippen molar-refractivity contribution >= 4 is 5.91 Å². The summed E-state index contributed by atoms with van der Waals surface area (Å²) in [5, 5.41) is 0. The van der Waals surface area contributed by atoms with Crippen LogP contribution < -0.4 is 9.47 Å². The Labute approximate surface area is 165 Å². The zero-order valence-electron chi connectivity index (χ0n) is 15.9. The highest BCUT2D eigenvalue weighted by Crippen LogP contribution is 2.32. The molecule has 1 amide bonds. The first-order valence-electron chi connectivity index (χ1n) is 9.46. The SMILES string of the molecule is CN(Cc1ccc2c(c1)OCCO2)C(=O)C(c1ccccc1)c1ccccc1. The van der Waals surface area contributed by atoms with Crippen LogP contribution in [0.1, 0.15) is 22.6 Å². The number of rotatable bonds is 5. The summed E-state index contributed by atoms with van der Waals surface area (Å²) in [5.41, 5.74) is 3.00. The van der Waals surface area contributed by atoms with E-state index < -0.39 is 0 Å². The van der Waals surface area contributed by atoms with Gasteiger partial charge in [-0.2, -0.15) is 0 Å². The molecule has 0 saturated heterocycles. The predicted molar refractivity (Wildman–Crippen MR) is 109 cm³/mol. The fourth-order valence-electron chi connectivity index (χ4n) is 3.53. The predicted octanol–water partition coefficient (Wildman–Crippen LogP) is 4.25. The van der Waals surface area contributed by atoms with Gasteiger partial charge in [0.1, 0.15) is 13.2 Å². The molecule has 0 fully saturated rings. The molecule has 0 aromatic heterocycles. The molecule has 142 valence electrons. The number of fused-ring (bicyclic) bond motifs is 1. The number of benzene rings is 3. The van der Waals surface area contributed by atoms with Crippen LogP contribution in [0.15, 0.2) is 78.9 Å². The molecule has 0 N–H and O–H groups in total. The zero-order chi connectivity index (χ0) is 19.3. The standard InChI is InChI=1S/C24H23NO3/c1-25(17-18-12-13-21-22(16-18)28-15-14-27-21)24(26)23(19-8-4-2-5-9-19)20-10-6-3-7-11-20/h2-13,16,23H,14-15,17H2,1H3. The maximum absolute atomic E-state index is 13.4. The fourth-order valence-corrected chi connectivity index (χ4v) is 3.53. The first-order valence-corrected chi connectivity index (χ1v) is 9.46. The average molecular weight is 373 g/mol. The van der Waals surface area contributed by atoms with Crippen LogP contribution in [0.25, 0.3) is 0 Å². The average Bonchev–Trinajstić information content (AvgIpc) is 2.75. The van der Waals surface area contributed by atoms with Crippen LogP contribution in [0.5, 0.6) is 11.5 Å². The second-order valence-corrected chi connectivity index (χ2v) is 6.93. The number of carbonyl (C=O) groups excluding carboxylic acids is 1. The van der Waals surface area contributed by atoms with Crippen molar-refractivity contribution in [3.63, 3.8) is 0 Å². The molecule has 1 aliphatic rings. The normalized spacial score (nSPS) is 12.6. The van der Waals surface area contributed by atoms with E-state index in [-0.39, 0.29) is 11.8 Å². The third kappa shape index (κ3) is 3.86. The van der Waals surface area contributed by atoms with Gasteiger partial charge in [-0.3, -0.25) is 4.79 Å². The van der Waals surface area contributed by atoms with E-state index in [0.29, 0.717) is 19.8 Å². The summed E-state index contributed by atoms with van der Waals surface area (Å²) in [6.45, 7) is 1.63. The minimum absolute atomic E-state index is 0.0623. The summed E-state index contributed by atoms with van der Waals surface area (Å²) in [5.74, 6) is 1.24. The summed E-state index contributed by atoms with van der Waals surface area (Å²) in [6, 6.07) is 25.7. The number of likely N-dealkylation sites (N-methyl/N-ethyl adjacent to an activating group) is 1. The van der Waals surface area contributed by atoms with Crippen LogP contribution in [0.3, 0.4) is 0 Å². The largest absolute Gasteiger partial charge is 0.486 e. The van der Waals surface area contributed by atoms with Gasteiger partial charge in [-0.1, -0.05) is 66.7 Å². The molecule has 0 bridgehead atoms. The molecule has 28 heavy (non-hydrogen) atoms. The van der Waals surface area contributed by atoms with Gasteiger partial charge in [-0.05, 0) is 28.8 Å². The summed E-state index contributed by atoms with van der Waals surface area (Å²) < 4.78 is 11.2. The van der Waals surface area contributed by atoms with Gasteiger partial charge < -0.3 is 14.4 Å². The van der Waals surface area contributed by atoms with E-state index in [1.165, 1.54) is 0 Å². The highest BCUT2D eigenvalue weighted by atomic mass is 16.6. The Morgan fingerprint density at radius 1 is 0.857 bits per heavy atom. The Bertz CT molecular complexity index is 901. The Hall–Kier alpha value is -3.27. The second-order valence-electron chi connectivity index (χ2n) is 6.93. The highest BCUT2D eigenvalue weighted by molar-refractivity contribution is 5.87. The van der Waals surface area contributed by atoms with E-state index in [2.05, 4.69) is 0 Å². The molecule has 3 aromatic rings. The highest BCUT2D eigenvalue weighted by Gasteiger charge is 2.26. The zero-order valence-corrected chi connectivity index (χ0v) is 15.9. The third-order valence-electron chi connectivity index (χ3n) is 4.92. The molecule has 4 nitrogen and oxygen atoms in total. The molecule has 4 rings (SSSR count). The number of hydrogen-bond donors (Lipinski definition) is 0. The minimum Gasteiger partial charge on any atom is -0.486 e. The molecule has 0 atom stereocenters. The molecule has 0 unspecified atom stereocenters. The van der Waals surface area contributed by atoms with Crippen LogP contribution in [0.4, 0.5) is 0 Å². The van der Waals surface area contributed by atoms with E-state index in [0.717, 1.165) is 28.2 Å². The molecule has 4 heteroatoms. The van der Waals surface area contributed by atoms with E-state index >= 15 is 0 Å². The van der Waals surface area contributed by atoms with Crippen molar-refractivity contribution < 1.29 is 14.3 Å². The summed E-state index contributed by atoms with van der Waals surface area (Å²) >= 11 is 0. The number of nitrogens with zero attached hydrogens (tertiary/aromatic N) is 1. The molecule has 3 aromatic carbocycles. The maximum atomic E-state index is 13.4. The molecular weight excluding hydrogens is 350 g/mol. The van der Waals surface area contributed by atoms with Gasteiger partial charge in [0.25, 0.3) is 0 Å². The number of amides is 1. The van der Waals surface area contributed by atoms with Gasteiger partial charge in [0, 0.05) is 13.6 Å². The molecule has 0 aliphatic carbocycles. The monoisotopic (exact) mass is 373 g/mol. The van der Waals surface area contributed by atoms with Crippen LogP contribution in [-0.2, 0) is 11.3 Å². The Balaban J connectivity index is 1.58. The van der Waals surface area contributed by atoms with Crippen molar-refractivity contribution in [3.05, 3.63) is 95.6 Å². The summed E-state index contributed by atoms with van der Waals surface area (Å²) in [4.78, 5) is 15.2. The number of carbonyl (C=O) groups is 1. The van der Waals surface area contributed by atoms with E-state index in [1.807, 2.05) is 85.9 Å². The van der Waals surface area contributed by atoms with Gasteiger partial charge in [0.15, 0.2) is 11.5 Å². The lowest BCUT2D eigenvalue weighted by Crippen LogP contribution is -2.32. The second kappa shape index (κ2) is 8.17. The summed E-state index contributed by atoms with van der Waals surface area (Å²) in [6.07, 6.45) is 0. The lowest BCUT2D eigenvalue weighted by molar-refractivity contribution is -0.131. The smallest absolute Gasteiger partial charge is 0.234 e. The lowest BCUT2D eigenvalue weighted by Gasteiger charge is -2.25. The topological polar surface area (TPSA) is 38.8 Å². The molecule has 0 radical (unpaired) electrons. The third-order valence-corrected chi connectivity index (χ3v) is 4.92. The lowest BCUT2D eigenvalue weighted by atomic mass is 9.90. The van der Waals surface area contributed by atoms with Crippen molar-refractivity contribution in [3.8, 4) is 11.5 Å². The van der Waals surface area contributed by atoms with E-state index in [9.17, 15) is 4.79 Å². The van der Waals surface area contributed by atoms with Crippen LogP contribution >= 0.6 is 0 Å². The number of ether oxygens (including phenoxy) is 2. The van der Waals surface area contributed by atoms with E-state index in [1.54, 1.807) is 4.90 Å². The molecule has 1 heterocycles. The van der Waals surface area contributed by atoms with Gasteiger partial charge in [0.05, 0.1) is 5.92 Å². The maximum Gasteiger partial charge on any atom is 0.234 e. The van der Waals surface area contributed by atoms with Crippen molar-refractivity contribution in [1.82, 2.24) is 4.90 Å².